The van der Waals surface area contributed by atoms with Gasteiger partial charge in [-0.2, -0.15) is 4.20 Å². The third-order valence-electron chi connectivity index (χ3n) is 0. The van der Waals surface area contributed by atoms with Crippen LogP contribution in [-0.4, -0.2) is 63.8 Å². The van der Waals surface area contributed by atoms with Crippen molar-refractivity contribution >= 4 is 66.5 Å². The van der Waals surface area contributed by atoms with E-state index in [4.69, 9.17) is 9.46 Å². The van der Waals surface area contributed by atoms with E-state index >= 15 is 0 Å². The molecule has 1 N–H and O–H groups in total. The van der Waals surface area contributed by atoms with Crippen molar-refractivity contribution in [2.45, 2.75) is 0 Å². The van der Waals surface area contributed by atoms with Crippen molar-refractivity contribution in [2.75, 3.05) is 0 Å². The van der Waals surface area contributed by atoms with E-state index in [2.05, 4.69) is 0 Å². The van der Waals surface area contributed by atoms with Crippen LogP contribution in [0.15, 0.2) is 0 Å². The van der Waals surface area contributed by atoms with E-state index in [1.165, 1.54) is 0 Å². The maximum atomic E-state index is 10.8. The van der Waals surface area contributed by atoms with Gasteiger partial charge in [0.2, 0.25) is 0 Å². The third-order valence-corrected chi connectivity index (χ3v) is 0. The van der Waals surface area contributed by atoms with E-state index in [1.54, 1.807) is 0 Å². The summed E-state index contributed by atoms with van der Waals surface area (Å²) in [6.07, 6.45) is 0. The molecular weight excluding hydrogens is 132 g/mol. The molecule has 0 fully saturated rings. The predicted octanol–water partition coefficient (Wildman–Crippen LogP) is -0.959. The van der Waals surface area contributed by atoms with Gasteiger partial charge < -0.3 is 4.89 Å². The summed E-state index contributed by atoms with van der Waals surface area (Å²) < 4.78 is 19.9. The van der Waals surface area contributed by atoms with Gasteiger partial charge in [0.1, 0.15) is 0 Å². The Hall–Kier alpha value is 1.82. The molecule has 0 spiro atoms. The summed E-state index contributed by atoms with van der Waals surface area (Å²) in [5.41, 5.74) is 0. The number of rotatable bonds is 0. The Kier molecular flexibility index (Phi) is 6.76. The molecule has 1 atom stereocenters. The summed E-state index contributed by atoms with van der Waals surface area (Å²) in [5, 5.41) is 0. The van der Waals surface area contributed by atoms with Crippen LogP contribution < -0.4 is 0 Å². The number of halogens is 1. The van der Waals surface area contributed by atoms with Crippen molar-refractivity contribution in [3.05, 3.63) is 0 Å². The van der Waals surface area contributed by atoms with Crippen LogP contribution in [0.1, 0.15) is 0 Å². The molecule has 6 heteroatoms. The topological polar surface area (TPSA) is 37.3 Å². The van der Waals surface area contributed by atoms with Gasteiger partial charge in [-0.05, 0) is 0 Å². The normalized spacial score (nSPS) is 17.7. The second-order valence-electron chi connectivity index (χ2n) is 0.778. The maximum absolute atomic E-state index is 10.8. The van der Waals surface area contributed by atoms with Crippen LogP contribution in [0.2, 0.25) is 0 Å². The van der Waals surface area contributed by atoms with E-state index in [9.17, 15) is 4.20 Å². The van der Waals surface area contributed by atoms with Crippen LogP contribution in [0.4, 0.5) is 4.20 Å². The summed E-state index contributed by atoms with van der Waals surface area (Å²) in [6, 6.07) is 0. The van der Waals surface area contributed by atoms with Crippen molar-refractivity contribution in [2.24, 2.45) is 0 Å². The molecule has 0 aliphatic heterocycles. The zero-order valence-corrected chi connectivity index (χ0v) is 3.58. The van der Waals surface area contributed by atoms with Gasteiger partial charge in [-0.3, -0.25) is 4.57 Å². The van der Waals surface area contributed by atoms with E-state index in [1.807, 2.05) is 0 Å². The van der Waals surface area contributed by atoms with Gasteiger partial charge in [-0.1, -0.05) is 0 Å². The first-order chi connectivity index (χ1) is 2.00. The molecule has 6 heavy (non-hydrogen) atoms. The standard InChI is InChI=1S/BFH3O2P.K.H/c1-5(2,3)4;;/h1H2,(H,3,4);;. The minimum absolute atomic E-state index is 0. The van der Waals surface area contributed by atoms with E-state index in [0.717, 1.165) is 0 Å². The van der Waals surface area contributed by atoms with Crippen molar-refractivity contribution in [1.82, 2.24) is 0 Å². The Bertz CT molecular complexity index is 59.7. The molecule has 0 saturated heterocycles. The minimum atomic E-state index is -4.14. The SMILES string of the molecule is BP(=O)(O)F.[KH]. The molecule has 32 valence electrons. The molecule has 0 aliphatic rings. The van der Waals surface area contributed by atoms with E-state index < -0.39 is 7.56 Å². The molecule has 1 unspecified atom stereocenters. The molecule has 0 aromatic heterocycles. The van der Waals surface area contributed by atoms with Crippen molar-refractivity contribution in [3.8, 4) is 0 Å². The quantitative estimate of drug-likeness (QED) is 0.344. The first-order valence-electron chi connectivity index (χ1n) is 0.999. The number of hydrogen-bond acceptors (Lipinski definition) is 1. The van der Waals surface area contributed by atoms with Gasteiger partial charge in [-0.15, -0.1) is 0 Å². The second kappa shape index (κ2) is 3.78. The molecule has 0 radical (unpaired) electrons. The second-order valence-corrected chi connectivity index (χ2v) is 2.33. The molecular formula is H4BFKO2P. The Labute approximate surface area is 78.9 Å². The monoisotopic (exact) mass is 136 g/mol. The number of hydrogen-bond donors (Lipinski definition) is 1. The molecule has 0 aliphatic carbocycles. The zero-order chi connectivity index (χ0) is 4.50. The predicted molar refractivity (Wildman–Crippen MR) is 26.6 cm³/mol. The van der Waals surface area contributed by atoms with Gasteiger partial charge in [-0.25, -0.2) is 0 Å². The molecule has 0 aromatic carbocycles. The third kappa shape index (κ3) is 40.8. The summed E-state index contributed by atoms with van der Waals surface area (Å²) in [4.78, 5) is 7.41. The molecule has 0 heterocycles. The van der Waals surface area contributed by atoms with Crippen molar-refractivity contribution in [1.29, 1.82) is 0 Å². The fourth-order valence-corrected chi connectivity index (χ4v) is 0. The van der Waals surface area contributed by atoms with E-state index in [0.29, 0.717) is 7.57 Å². The zero-order valence-electron chi connectivity index (χ0n) is 2.68. The Balaban J connectivity index is 0. The van der Waals surface area contributed by atoms with Crippen LogP contribution in [0.25, 0.3) is 0 Å². The average molecular weight is 136 g/mol. The molecule has 0 rings (SSSR count). The van der Waals surface area contributed by atoms with Crippen LogP contribution >= 0.6 is 7.56 Å². The van der Waals surface area contributed by atoms with Crippen LogP contribution in [0.3, 0.4) is 0 Å². The van der Waals surface area contributed by atoms with Gasteiger partial charge in [0.05, 0.1) is 0 Å². The molecule has 0 amide bonds. The van der Waals surface area contributed by atoms with Gasteiger partial charge in [0, 0.05) is 0 Å². The molecule has 0 saturated carbocycles. The molecule has 2 nitrogen and oxygen atoms in total. The Morgan fingerprint density at radius 1 is 1.83 bits per heavy atom. The van der Waals surface area contributed by atoms with Crippen LogP contribution in [0, 0.1) is 0 Å². The van der Waals surface area contributed by atoms with E-state index in [-0.39, 0.29) is 51.4 Å². The Morgan fingerprint density at radius 2 is 1.83 bits per heavy atom. The van der Waals surface area contributed by atoms with Crippen molar-refractivity contribution < 1.29 is 13.7 Å². The van der Waals surface area contributed by atoms with Crippen molar-refractivity contribution in [3.63, 3.8) is 0 Å². The fraction of sp³-hybridized carbons (Fsp3) is 0. The van der Waals surface area contributed by atoms with Crippen LogP contribution in [0.5, 0.6) is 0 Å². The average Bonchev–Trinajstić information content (AvgIpc) is 0.722. The fourth-order valence-electron chi connectivity index (χ4n) is 0. The molecule has 0 aromatic rings. The summed E-state index contributed by atoms with van der Waals surface area (Å²) in [6.45, 7) is 0. The summed E-state index contributed by atoms with van der Waals surface area (Å²) >= 11 is 0. The van der Waals surface area contributed by atoms with Gasteiger partial charge >= 0.3 is 58.9 Å². The van der Waals surface area contributed by atoms with Crippen LogP contribution in [-0.2, 0) is 4.57 Å². The van der Waals surface area contributed by atoms with Gasteiger partial charge in [0.15, 0.2) is 0 Å². The first kappa shape index (κ1) is 10.7. The van der Waals surface area contributed by atoms with Gasteiger partial charge in [0.25, 0.3) is 7.57 Å². The summed E-state index contributed by atoms with van der Waals surface area (Å²) in [5.74, 6) is 0. The summed E-state index contributed by atoms with van der Waals surface area (Å²) in [7, 11) is -3.51. The molecule has 0 bridgehead atoms. The Morgan fingerprint density at radius 3 is 1.83 bits per heavy atom. The first-order valence-corrected chi connectivity index (χ1v) is 3.00.